The number of carbonyl (C=O) groups is 1. The van der Waals surface area contributed by atoms with E-state index in [1.807, 2.05) is 6.92 Å². The fraction of sp³-hybridized carbons (Fsp3) is 0.167. The van der Waals surface area contributed by atoms with Crippen molar-refractivity contribution in [1.82, 2.24) is 0 Å². The van der Waals surface area contributed by atoms with Gasteiger partial charge in [0.2, 0.25) is 0 Å². The van der Waals surface area contributed by atoms with E-state index < -0.39 is 26.7 Å². The third-order valence-electron chi connectivity index (χ3n) is 3.45. The van der Waals surface area contributed by atoms with Crippen LogP contribution in [0, 0.1) is 25.1 Å². The van der Waals surface area contributed by atoms with Crippen molar-refractivity contribution >= 4 is 15.6 Å². The number of benzene rings is 2. The molecule has 23 heavy (non-hydrogen) atoms. The lowest BCUT2D eigenvalue weighted by Gasteiger charge is -2.15. The minimum Gasteiger partial charge on any atom is -0.293 e. The van der Waals surface area contributed by atoms with E-state index in [0.29, 0.717) is 0 Å². The fourth-order valence-corrected chi connectivity index (χ4v) is 3.72. The number of ketones is 1. The van der Waals surface area contributed by atoms with E-state index in [4.69, 9.17) is 6.42 Å². The van der Waals surface area contributed by atoms with Crippen LogP contribution in [0.25, 0.3) is 0 Å². The number of rotatable bonds is 5. The zero-order valence-electron chi connectivity index (χ0n) is 12.5. The summed E-state index contributed by atoms with van der Waals surface area (Å²) in [6.45, 7) is 1.83. The molecule has 0 N–H and O–H groups in total. The van der Waals surface area contributed by atoms with E-state index in [-0.39, 0.29) is 16.9 Å². The molecule has 118 valence electrons. The number of Topliss-reactive ketones (excluding diaryl/α,β-unsaturated/α-hetero) is 1. The monoisotopic (exact) mass is 330 g/mol. The number of sulfone groups is 1. The molecule has 1 atom stereocenters. The van der Waals surface area contributed by atoms with Crippen LogP contribution in [0.3, 0.4) is 0 Å². The topological polar surface area (TPSA) is 51.2 Å². The largest absolute Gasteiger partial charge is 0.293 e. The Morgan fingerprint density at radius 2 is 1.70 bits per heavy atom. The summed E-state index contributed by atoms with van der Waals surface area (Å²) in [6, 6.07) is 10.9. The first-order valence-electron chi connectivity index (χ1n) is 6.90. The average molecular weight is 330 g/mol. The highest BCUT2D eigenvalue weighted by molar-refractivity contribution is 7.92. The Kier molecular flexibility index (Phi) is 4.97. The van der Waals surface area contributed by atoms with Gasteiger partial charge < -0.3 is 0 Å². The van der Waals surface area contributed by atoms with E-state index in [0.717, 1.165) is 17.7 Å². The highest BCUT2D eigenvalue weighted by Crippen LogP contribution is 2.22. The molecular weight excluding hydrogens is 315 g/mol. The third kappa shape index (κ3) is 3.66. The Bertz CT molecular complexity index is 845. The summed E-state index contributed by atoms with van der Waals surface area (Å²) >= 11 is 0. The summed E-state index contributed by atoms with van der Waals surface area (Å²) in [4.78, 5) is 12.6. The summed E-state index contributed by atoms with van der Waals surface area (Å²) < 4.78 is 38.4. The molecule has 2 aromatic carbocycles. The van der Waals surface area contributed by atoms with Crippen molar-refractivity contribution in [3.63, 3.8) is 0 Å². The van der Waals surface area contributed by atoms with Gasteiger partial charge in [-0.2, -0.15) is 0 Å². The van der Waals surface area contributed by atoms with Gasteiger partial charge in [0.05, 0.1) is 4.90 Å². The first kappa shape index (κ1) is 16.9. The van der Waals surface area contributed by atoms with Gasteiger partial charge in [-0.25, -0.2) is 12.8 Å². The SMILES string of the molecule is C#CCC(C(=O)c1ccc(F)cc1)S(=O)(=O)c1ccc(C)cc1. The molecule has 0 amide bonds. The van der Waals surface area contributed by atoms with Crippen molar-refractivity contribution in [2.75, 3.05) is 0 Å². The lowest BCUT2D eigenvalue weighted by molar-refractivity contribution is 0.0987. The molecule has 1 unspecified atom stereocenters. The van der Waals surface area contributed by atoms with Crippen molar-refractivity contribution in [3.05, 3.63) is 65.5 Å². The van der Waals surface area contributed by atoms with Gasteiger partial charge in [-0.15, -0.1) is 12.3 Å². The van der Waals surface area contributed by atoms with E-state index in [2.05, 4.69) is 5.92 Å². The third-order valence-corrected chi connectivity index (χ3v) is 5.51. The van der Waals surface area contributed by atoms with Gasteiger partial charge >= 0.3 is 0 Å². The zero-order chi connectivity index (χ0) is 17.0. The van der Waals surface area contributed by atoms with Gasteiger partial charge in [0.1, 0.15) is 11.1 Å². The number of aryl methyl sites for hydroxylation is 1. The summed E-state index contributed by atoms with van der Waals surface area (Å²) in [5.74, 6) is 1.10. The van der Waals surface area contributed by atoms with E-state index in [1.165, 1.54) is 24.3 Å². The molecule has 2 rings (SSSR count). The maximum Gasteiger partial charge on any atom is 0.189 e. The lowest BCUT2D eigenvalue weighted by Crippen LogP contribution is -2.30. The van der Waals surface area contributed by atoms with Crippen LogP contribution in [-0.4, -0.2) is 19.5 Å². The number of hydrogen-bond acceptors (Lipinski definition) is 3. The van der Waals surface area contributed by atoms with Crippen LogP contribution in [0.15, 0.2) is 53.4 Å². The second-order valence-corrected chi connectivity index (χ2v) is 7.26. The molecule has 0 radical (unpaired) electrons. The predicted octanol–water partition coefficient (Wildman–Crippen LogP) is 3.18. The molecule has 3 nitrogen and oxygen atoms in total. The molecule has 0 bridgehead atoms. The van der Waals surface area contributed by atoms with Crippen molar-refractivity contribution in [1.29, 1.82) is 0 Å². The van der Waals surface area contributed by atoms with E-state index >= 15 is 0 Å². The molecule has 0 saturated heterocycles. The van der Waals surface area contributed by atoms with Gasteiger partial charge in [0.25, 0.3) is 0 Å². The van der Waals surface area contributed by atoms with E-state index in [9.17, 15) is 17.6 Å². The highest BCUT2D eigenvalue weighted by atomic mass is 32.2. The van der Waals surface area contributed by atoms with Crippen LogP contribution >= 0.6 is 0 Å². The predicted molar refractivity (Wildman–Crippen MR) is 86.3 cm³/mol. The number of hydrogen-bond donors (Lipinski definition) is 0. The van der Waals surface area contributed by atoms with Gasteiger partial charge in [0.15, 0.2) is 15.6 Å². The molecule has 5 heteroatoms. The van der Waals surface area contributed by atoms with Crippen LogP contribution in [0.2, 0.25) is 0 Å². The maximum atomic E-state index is 13.0. The number of halogens is 1. The summed E-state index contributed by atoms with van der Waals surface area (Å²) in [5.41, 5.74) is 1.02. The first-order chi connectivity index (χ1) is 10.9. The quantitative estimate of drug-likeness (QED) is 0.625. The van der Waals surface area contributed by atoms with Crippen LogP contribution in [-0.2, 0) is 9.84 Å². The standard InChI is InChI=1S/C18H15FO3S/c1-3-4-17(18(20)14-7-9-15(19)10-8-14)23(21,22)16-11-5-13(2)6-12-16/h1,5-12,17H,4H2,2H3. The molecular formula is C18H15FO3S. The van der Waals surface area contributed by atoms with Crippen LogP contribution in [0.1, 0.15) is 22.3 Å². The van der Waals surface area contributed by atoms with Gasteiger partial charge in [-0.05, 0) is 43.3 Å². The Labute approximate surface area is 135 Å². The molecule has 0 aliphatic carbocycles. The molecule has 0 aliphatic heterocycles. The Balaban J connectivity index is 2.44. The number of terminal acetylenes is 1. The fourth-order valence-electron chi connectivity index (χ4n) is 2.14. The van der Waals surface area contributed by atoms with Gasteiger partial charge in [-0.3, -0.25) is 4.79 Å². The molecule has 0 fully saturated rings. The van der Waals surface area contributed by atoms with Gasteiger partial charge in [-0.1, -0.05) is 17.7 Å². The van der Waals surface area contributed by atoms with Crippen LogP contribution in [0.4, 0.5) is 4.39 Å². The lowest BCUT2D eigenvalue weighted by atomic mass is 10.1. The number of carbonyl (C=O) groups excluding carboxylic acids is 1. The maximum absolute atomic E-state index is 13.0. The summed E-state index contributed by atoms with van der Waals surface area (Å²) in [6.07, 6.45) is 5.00. The van der Waals surface area contributed by atoms with Gasteiger partial charge in [0, 0.05) is 12.0 Å². The smallest absolute Gasteiger partial charge is 0.189 e. The Hall–Kier alpha value is -2.45. The van der Waals surface area contributed by atoms with Crippen molar-refractivity contribution in [2.24, 2.45) is 0 Å². The van der Waals surface area contributed by atoms with Crippen LogP contribution < -0.4 is 0 Å². The molecule has 2 aromatic rings. The van der Waals surface area contributed by atoms with Crippen molar-refractivity contribution < 1.29 is 17.6 Å². The molecule has 0 spiro atoms. The van der Waals surface area contributed by atoms with Crippen molar-refractivity contribution in [2.45, 2.75) is 23.5 Å². The molecule has 0 aliphatic rings. The molecule has 0 heterocycles. The minimum atomic E-state index is -3.92. The molecule has 0 aromatic heterocycles. The van der Waals surface area contributed by atoms with E-state index in [1.54, 1.807) is 12.1 Å². The summed E-state index contributed by atoms with van der Waals surface area (Å²) in [5, 5.41) is -1.39. The average Bonchev–Trinajstić information content (AvgIpc) is 2.53. The Morgan fingerprint density at radius 1 is 1.13 bits per heavy atom. The first-order valence-corrected chi connectivity index (χ1v) is 8.44. The Morgan fingerprint density at radius 3 is 2.22 bits per heavy atom. The minimum absolute atomic E-state index is 0.0406. The second-order valence-electron chi connectivity index (χ2n) is 5.13. The zero-order valence-corrected chi connectivity index (χ0v) is 13.3. The van der Waals surface area contributed by atoms with Crippen LogP contribution in [0.5, 0.6) is 0 Å². The molecule has 0 saturated carbocycles. The normalized spacial score (nSPS) is 12.4. The summed E-state index contributed by atoms with van der Waals surface area (Å²) in [7, 11) is -3.92. The van der Waals surface area contributed by atoms with Crippen molar-refractivity contribution in [3.8, 4) is 12.3 Å². The highest BCUT2D eigenvalue weighted by Gasteiger charge is 2.33. The second kappa shape index (κ2) is 6.76.